The first-order chi connectivity index (χ1) is 8.55. The molecule has 0 amide bonds. The molecule has 0 radical (unpaired) electrons. The SMILES string of the molecule is O=S(=O)(CCNC1CC1)NCc1cccc(F)c1. The third-order valence-corrected chi connectivity index (χ3v) is 4.09. The molecule has 0 spiro atoms. The summed E-state index contributed by atoms with van der Waals surface area (Å²) in [6, 6.07) is 6.41. The number of sulfonamides is 1. The molecule has 1 aliphatic carbocycles. The molecule has 1 fully saturated rings. The van der Waals surface area contributed by atoms with E-state index in [1.165, 1.54) is 12.1 Å². The van der Waals surface area contributed by atoms with Gasteiger partial charge < -0.3 is 5.32 Å². The second-order valence-electron chi connectivity index (χ2n) is 4.50. The van der Waals surface area contributed by atoms with E-state index in [-0.39, 0.29) is 18.1 Å². The Bertz CT molecular complexity index is 501. The molecular formula is C12H17FN2O2S. The minimum Gasteiger partial charge on any atom is -0.313 e. The molecule has 2 N–H and O–H groups in total. The summed E-state index contributed by atoms with van der Waals surface area (Å²) in [4.78, 5) is 0. The van der Waals surface area contributed by atoms with E-state index in [9.17, 15) is 12.8 Å². The predicted molar refractivity (Wildman–Crippen MR) is 68.1 cm³/mol. The van der Waals surface area contributed by atoms with Crippen LogP contribution in [0.2, 0.25) is 0 Å². The van der Waals surface area contributed by atoms with Gasteiger partial charge in [-0.15, -0.1) is 0 Å². The normalized spacial score (nSPS) is 15.8. The molecule has 0 aliphatic heterocycles. The van der Waals surface area contributed by atoms with Gasteiger partial charge in [0.25, 0.3) is 0 Å². The van der Waals surface area contributed by atoms with Crippen molar-refractivity contribution in [1.29, 1.82) is 0 Å². The molecule has 0 atom stereocenters. The van der Waals surface area contributed by atoms with Crippen molar-refractivity contribution in [3.63, 3.8) is 0 Å². The minimum absolute atomic E-state index is 0.0544. The van der Waals surface area contributed by atoms with E-state index in [1.807, 2.05) is 0 Å². The Morgan fingerprint density at radius 3 is 2.78 bits per heavy atom. The van der Waals surface area contributed by atoms with Crippen LogP contribution in [0, 0.1) is 5.82 Å². The van der Waals surface area contributed by atoms with Crippen molar-refractivity contribution < 1.29 is 12.8 Å². The number of rotatable bonds is 7. The van der Waals surface area contributed by atoms with Crippen LogP contribution in [0.25, 0.3) is 0 Å². The van der Waals surface area contributed by atoms with Gasteiger partial charge in [0.05, 0.1) is 5.75 Å². The summed E-state index contributed by atoms with van der Waals surface area (Å²) >= 11 is 0. The maximum atomic E-state index is 12.9. The smallest absolute Gasteiger partial charge is 0.213 e. The van der Waals surface area contributed by atoms with E-state index in [0.29, 0.717) is 18.2 Å². The third-order valence-electron chi connectivity index (χ3n) is 2.77. The topological polar surface area (TPSA) is 58.2 Å². The summed E-state index contributed by atoms with van der Waals surface area (Å²) in [7, 11) is -3.30. The van der Waals surface area contributed by atoms with Crippen LogP contribution in [0.4, 0.5) is 4.39 Å². The summed E-state index contributed by atoms with van der Waals surface area (Å²) < 4.78 is 38.7. The van der Waals surface area contributed by atoms with E-state index in [4.69, 9.17) is 0 Å². The fourth-order valence-corrected chi connectivity index (χ4v) is 2.51. The van der Waals surface area contributed by atoms with E-state index >= 15 is 0 Å². The van der Waals surface area contributed by atoms with Gasteiger partial charge in [-0.25, -0.2) is 17.5 Å². The monoisotopic (exact) mass is 272 g/mol. The van der Waals surface area contributed by atoms with Crippen LogP contribution in [0.15, 0.2) is 24.3 Å². The second-order valence-corrected chi connectivity index (χ2v) is 6.42. The standard InChI is InChI=1S/C12H17FN2O2S/c13-11-3-1-2-10(8-11)9-15-18(16,17)7-6-14-12-4-5-12/h1-3,8,12,14-15H,4-7,9H2. The van der Waals surface area contributed by atoms with Crippen molar-refractivity contribution in [1.82, 2.24) is 10.0 Å². The number of halogens is 1. The van der Waals surface area contributed by atoms with Crippen LogP contribution < -0.4 is 10.0 Å². The van der Waals surface area contributed by atoms with E-state index < -0.39 is 10.0 Å². The van der Waals surface area contributed by atoms with Crippen molar-refractivity contribution in [2.24, 2.45) is 0 Å². The Balaban J connectivity index is 1.76. The summed E-state index contributed by atoms with van der Waals surface area (Å²) in [5, 5.41) is 3.14. The molecule has 0 unspecified atom stereocenters. The largest absolute Gasteiger partial charge is 0.313 e. The average Bonchev–Trinajstić information content (AvgIpc) is 3.11. The lowest BCUT2D eigenvalue weighted by Gasteiger charge is -2.07. The van der Waals surface area contributed by atoms with Crippen LogP contribution in [0.3, 0.4) is 0 Å². The zero-order valence-corrected chi connectivity index (χ0v) is 10.8. The van der Waals surface area contributed by atoms with Crippen LogP contribution in [0.1, 0.15) is 18.4 Å². The molecule has 0 bridgehead atoms. The summed E-state index contributed by atoms with van der Waals surface area (Å²) in [6.45, 7) is 0.590. The first-order valence-corrected chi connectivity index (χ1v) is 7.65. The van der Waals surface area contributed by atoms with Crippen LogP contribution >= 0.6 is 0 Å². The van der Waals surface area contributed by atoms with Gasteiger partial charge in [0.15, 0.2) is 0 Å². The average molecular weight is 272 g/mol. The highest BCUT2D eigenvalue weighted by atomic mass is 32.2. The van der Waals surface area contributed by atoms with Gasteiger partial charge in [-0.1, -0.05) is 12.1 Å². The Hall–Kier alpha value is -0.980. The summed E-state index contributed by atoms with van der Waals surface area (Å²) in [6.07, 6.45) is 2.27. The molecule has 4 nitrogen and oxygen atoms in total. The quantitative estimate of drug-likeness (QED) is 0.778. The highest BCUT2D eigenvalue weighted by Gasteiger charge is 2.21. The van der Waals surface area contributed by atoms with Crippen molar-refractivity contribution in [3.05, 3.63) is 35.6 Å². The van der Waals surface area contributed by atoms with E-state index in [1.54, 1.807) is 12.1 Å². The van der Waals surface area contributed by atoms with Crippen molar-refractivity contribution in [3.8, 4) is 0 Å². The fraction of sp³-hybridized carbons (Fsp3) is 0.500. The molecule has 18 heavy (non-hydrogen) atoms. The van der Waals surface area contributed by atoms with Crippen molar-refractivity contribution in [2.75, 3.05) is 12.3 Å². The third kappa shape index (κ3) is 4.72. The first-order valence-electron chi connectivity index (χ1n) is 6.00. The molecule has 100 valence electrons. The number of nitrogens with one attached hydrogen (secondary N) is 2. The zero-order valence-electron chi connectivity index (χ0n) is 10.0. The molecule has 1 aromatic rings. The molecule has 0 aromatic heterocycles. The fourth-order valence-electron chi connectivity index (χ4n) is 1.60. The predicted octanol–water partition coefficient (Wildman–Crippen LogP) is 0.997. The van der Waals surface area contributed by atoms with Crippen molar-refractivity contribution >= 4 is 10.0 Å². The van der Waals surface area contributed by atoms with Gasteiger partial charge in [0.2, 0.25) is 10.0 Å². The lowest BCUT2D eigenvalue weighted by atomic mass is 10.2. The summed E-state index contributed by atoms with van der Waals surface area (Å²) in [5.41, 5.74) is 0.619. The van der Waals surface area contributed by atoms with Crippen molar-refractivity contribution in [2.45, 2.75) is 25.4 Å². The van der Waals surface area contributed by atoms with Gasteiger partial charge >= 0.3 is 0 Å². The molecule has 1 aliphatic rings. The van der Waals surface area contributed by atoms with Gasteiger partial charge in [-0.05, 0) is 30.5 Å². The highest BCUT2D eigenvalue weighted by molar-refractivity contribution is 7.89. The Kier molecular flexibility index (Phi) is 4.31. The minimum atomic E-state index is -3.30. The Morgan fingerprint density at radius 1 is 1.33 bits per heavy atom. The van der Waals surface area contributed by atoms with Gasteiger partial charge in [-0.2, -0.15) is 0 Å². The van der Waals surface area contributed by atoms with Gasteiger partial charge in [0, 0.05) is 19.1 Å². The molecule has 1 aromatic carbocycles. The lowest BCUT2D eigenvalue weighted by Crippen LogP contribution is -2.32. The van der Waals surface area contributed by atoms with Crippen LogP contribution in [0.5, 0.6) is 0 Å². The molecular weight excluding hydrogens is 255 g/mol. The molecule has 0 saturated heterocycles. The number of hydrogen-bond acceptors (Lipinski definition) is 3. The summed E-state index contributed by atoms with van der Waals surface area (Å²) in [5.74, 6) is -0.305. The number of hydrogen-bond donors (Lipinski definition) is 2. The zero-order chi connectivity index (χ0) is 13.0. The maximum Gasteiger partial charge on any atom is 0.213 e. The Labute approximate surface area is 107 Å². The second kappa shape index (κ2) is 5.77. The lowest BCUT2D eigenvalue weighted by molar-refractivity contribution is 0.575. The number of benzene rings is 1. The van der Waals surface area contributed by atoms with Gasteiger partial charge in [0.1, 0.15) is 5.82 Å². The van der Waals surface area contributed by atoms with Crippen LogP contribution in [-0.4, -0.2) is 26.8 Å². The Morgan fingerprint density at radius 2 is 2.11 bits per heavy atom. The molecule has 0 heterocycles. The first kappa shape index (κ1) is 13.5. The molecule has 6 heteroatoms. The highest BCUT2D eigenvalue weighted by Crippen LogP contribution is 2.18. The van der Waals surface area contributed by atoms with Gasteiger partial charge in [-0.3, -0.25) is 0 Å². The molecule has 2 rings (SSSR count). The van der Waals surface area contributed by atoms with E-state index in [0.717, 1.165) is 12.8 Å². The van der Waals surface area contributed by atoms with E-state index in [2.05, 4.69) is 10.0 Å². The maximum absolute atomic E-state index is 12.9. The molecule has 1 saturated carbocycles. The van der Waals surface area contributed by atoms with Crippen LogP contribution in [-0.2, 0) is 16.6 Å².